The van der Waals surface area contributed by atoms with Crippen LogP contribution in [-0.2, 0) is 4.74 Å². The first-order valence-electron chi connectivity index (χ1n) is 16.4. The quantitative estimate of drug-likeness (QED) is 0.335. The van der Waals surface area contributed by atoms with E-state index in [1.165, 1.54) is 38.5 Å². The molecule has 0 saturated heterocycles. The van der Waals surface area contributed by atoms with Crippen molar-refractivity contribution in [1.29, 1.82) is 0 Å². The summed E-state index contributed by atoms with van der Waals surface area (Å²) in [4.78, 5) is 0. The number of hydrogen-bond donors (Lipinski definition) is 1. The van der Waals surface area contributed by atoms with Crippen molar-refractivity contribution in [2.24, 2.45) is 17.8 Å². The van der Waals surface area contributed by atoms with Gasteiger partial charge < -0.3 is 9.84 Å². The smallest absolute Gasteiger partial charge is 0.131 e. The maximum Gasteiger partial charge on any atom is 0.131 e. The van der Waals surface area contributed by atoms with Gasteiger partial charge in [0.25, 0.3) is 0 Å². The molecule has 3 fully saturated rings. The summed E-state index contributed by atoms with van der Waals surface area (Å²) < 4.78 is 36.4. The second-order valence-electron chi connectivity index (χ2n) is 13.1. The van der Waals surface area contributed by atoms with Crippen molar-refractivity contribution in [3.05, 3.63) is 59.2 Å². The van der Waals surface area contributed by atoms with Crippen molar-refractivity contribution < 1.29 is 18.6 Å². The molecule has 0 heterocycles. The van der Waals surface area contributed by atoms with E-state index in [0.29, 0.717) is 35.0 Å². The van der Waals surface area contributed by atoms with Crippen LogP contribution in [-0.4, -0.2) is 23.9 Å². The zero-order valence-electron chi connectivity index (χ0n) is 24.7. The fourth-order valence-corrected chi connectivity index (χ4v) is 8.26. The van der Waals surface area contributed by atoms with Crippen LogP contribution in [0.25, 0.3) is 11.1 Å². The monoisotopic (exact) mass is 552 g/mol. The number of aliphatic hydroxyl groups is 1. The van der Waals surface area contributed by atoms with Gasteiger partial charge in [0.05, 0.1) is 12.2 Å². The Morgan fingerprint density at radius 2 is 1.18 bits per heavy atom. The summed E-state index contributed by atoms with van der Waals surface area (Å²) in [5, 5.41) is 10.4. The van der Waals surface area contributed by atoms with Crippen LogP contribution in [0.15, 0.2) is 36.4 Å². The molecule has 3 saturated carbocycles. The van der Waals surface area contributed by atoms with Crippen LogP contribution in [0.2, 0.25) is 0 Å². The highest BCUT2D eigenvalue weighted by molar-refractivity contribution is 5.66. The van der Waals surface area contributed by atoms with Gasteiger partial charge in [0, 0.05) is 17.7 Å². The zero-order valence-corrected chi connectivity index (χ0v) is 24.7. The molecule has 4 heteroatoms. The van der Waals surface area contributed by atoms with Crippen LogP contribution >= 0.6 is 0 Å². The average molecular weight is 553 g/mol. The summed E-state index contributed by atoms with van der Waals surface area (Å²) in [6.07, 6.45) is 15.8. The van der Waals surface area contributed by atoms with Crippen molar-refractivity contribution in [1.82, 2.24) is 0 Å². The van der Waals surface area contributed by atoms with Crippen molar-refractivity contribution >= 4 is 0 Å². The van der Waals surface area contributed by atoms with Crippen molar-refractivity contribution in [2.45, 2.75) is 128 Å². The molecule has 1 N–H and O–H groups in total. The predicted molar refractivity (Wildman–Crippen MR) is 159 cm³/mol. The summed E-state index contributed by atoms with van der Waals surface area (Å²) in [7, 11) is 0. The van der Waals surface area contributed by atoms with Gasteiger partial charge in [-0.3, -0.25) is 0 Å². The normalized spacial score (nSPS) is 30.2. The van der Waals surface area contributed by atoms with Crippen LogP contribution in [0.1, 0.15) is 127 Å². The number of rotatable bonds is 9. The van der Waals surface area contributed by atoms with E-state index < -0.39 is 0 Å². The zero-order chi connectivity index (χ0) is 28.1. The second kappa shape index (κ2) is 13.9. The molecule has 3 aliphatic carbocycles. The van der Waals surface area contributed by atoms with Gasteiger partial charge in [-0.15, -0.1) is 0 Å². The van der Waals surface area contributed by atoms with Gasteiger partial charge in [0.2, 0.25) is 0 Å². The number of aliphatic hydroxyl groups excluding tert-OH is 1. The van der Waals surface area contributed by atoms with E-state index >= 15 is 8.78 Å². The highest BCUT2D eigenvalue weighted by Gasteiger charge is 2.33. The van der Waals surface area contributed by atoms with E-state index in [1.807, 2.05) is 19.1 Å². The average Bonchev–Trinajstić information content (AvgIpc) is 2.98. The predicted octanol–water partition coefficient (Wildman–Crippen LogP) is 9.94. The van der Waals surface area contributed by atoms with Crippen molar-refractivity contribution in [3.8, 4) is 11.1 Å². The Morgan fingerprint density at radius 3 is 1.62 bits per heavy atom. The summed E-state index contributed by atoms with van der Waals surface area (Å²) in [5.74, 6) is 2.16. The molecule has 0 amide bonds. The van der Waals surface area contributed by atoms with Gasteiger partial charge in [0.1, 0.15) is 11.6 Å². The van der Waals surface area contributed by atoms with Crippen molar-refractivity contribution in [3.63, 3.8) is 0 Å². The largest absolute Gasteiger partial charge is 0.393 e. The van der Waals surface area contributed by atoms with Crippen LogP contribution in [0, 0.1) is 29.4 Å². The van der Waals surface area contributed by atoms with E-state index in [1.54, 1.807) is 24.3 Å². The molecule has 0 spiro atoms. The first-order chi connectivity index (χ1) is 19.5. The standard InChI is InChI=1S/C36H50F2O2/c1-3-5-36(39)28-12-10-25(11-13-28)24-6-8-26(9-7-24)29-16-20-32(34(37)22-29)33-21-17-30(23-35(33)38)27-14-18-31(19-15-27)40-4-2/h16-17,20-28,31,36,39H,3-15,18-19H2,1-2H3. The molecule has 0 aliphatic heterocycles. The third-order valence-corrected chi connectivity index (χ3v) is 10.7. The minimum Gasteiger partial charge on any atom is -0.393 e. The number of benzene rings is 2. The molecule has 220 valence electrons. The Bertz CT molecular complexity index is 1080. The minimum atomic E-state index is -0.325. The third-order valence-electron chi connectivity index (χ3n) is 10.7. The lowest BCUT2D eigenvalue weighted by atomic mass is 9.67. The maximum atomic E-state index is 15.4. The lowest BCUT2D eigenvalue weighted by Crippen LogP contribution is -2.30. The minimum absolute atomic E-state index is 0.114. The molecular formula is C36H50F2O2. The van der Waals surface area contributed by atoms with E-state index in [-0.39, 0.29) is 17.7 Å². The molecule has 0 aromatic heterocycles. The highest BCUT2D eigenvalue weighted by atomic mass is 19.1. The fraction of sp³-hybridized carbons (Fsp3) is 0.667. The lowest BCUT2D eigenvalue weighted by Gasteiger charge is -2.39. The molecule has 2 nitrogen and oxygen atoms in total. The van der Waals surface area contributed by atoms with Gasteiger partial charge in [-0.25, -0.2) is 8.78 Å². The summed E-state index contributed by atoms with van der Waals surface area (Å²) in [6.45, 7) is 4.93. The van der Waals surface area contributed by atoms with E-state index in [0.717, 1.165) is 80.9 Å². The fourth-order valence-electron chi connectivity index (χ4n) is 8.26. The molecule has 1 atom stereocenters. The summed E-state index contributed by atoms with van der Waals surface area (Å²) >= 11 is 0. The van der Waals surface area contributed by atoms with Gasteiger partial charge in [-0.05, 0) is 143 Å². The van der Waals surface area contributed by atoms with E-state index in [2.05, 4.69) is 6.92 Å². The van der Waals surface area contributed by atoms with Crippen LogP contribution in [0.4, 0.5) is 8.78 Å². The lowest BCUT2D eigenvalue weighted by molar-refractivity contribution is 0.0328. The van der Waals surface area contributed by atoms with E-state index in [9.17, 15) is 5.11 Å². The Labute approximate surface area is 240 Å². The maximum absolute atomic E-state index is 15.4. The first-order valence-corrected chi connectivity index (χ1v) is 16.4. The first kappa shape index (κ1) is 29.7. The molecule has 0 radical (unpaired) electrons. The summed E-state index contributed by atoms with van der Waals surface area (Å²) in [6, 6.07) is 10.9. The Kier molecular flexibility index (Phi) is 10.3. The molecular weight excluding hydrogens is 502 g/mol. The Morgan fingerprint density at radius 1 is 0.700 bits per heavy atom. The van der Waals surface area contributed by atoms with Gasteiger partial charge in [0.15, 0.2) is 0 Å². The Balaban J connectivity index is 1.15. The second-order valence-corrected chi connectivity index (χ2v) is 13.1. The van der Waals surface area contributed by atoms with Crippen LogP contribution in [0.3, 0.4) is 0 Å². The molecule has 5 rings (SSSR count). The number of ether oxygens (including phenoxy) is 1. The van der Waals surface area contributed by atoms with Crippen LogP contribution < -0.4 is 0 Å². The molecule has 3 aliphatic rings. The molecule has 2 aromatic rings. The third kappa shape index (κ3) is 6.98. The van der Waals surface area contributed by atoms with Crippen molar-refractivity contribution in [2.75, 3.05) is 6.61 Å². The van der Waals surface area contributed by atoms with Gasteiger partial charge >= 0.3 is 0 Å². The highest BCUT2D eigenvalue weighted by Crippen LogP contribution is 2.45. The summed E-state index contributed by atoms with van der Waals surface area (Å²) in [5.41, 5.74) is 2.81. The van der Waals surface area contributed by atoms with Gasteiger partial charge in [-0.1, -0.05) is 37.6 Å². The topological polar surface area (TPSA) is 29.5 Å². The Hall–Kier alpha value is -1.78. The number of halogens is 2. The SMILES string of the molecule is CCCC(O)C1CCC(C2CCC(c3ccc(-c4ccc(C5CCC(OCC)CC5)cc4F)c(F)c3)CC2)CC1. The molecule has 0 bridgehead atoms. The van der Waals surface area contributed by atoms with Crippen LogP contribution in [0.5, 0.6) is 0 Å². The van der Waals surface area contributed by atoms with Gasteiger partial charge in [-0.2, -0.15) is 0 Å². The molecule has 40 heavy (non-hydrogen) atoms. The molecule has 1 unspecified atom stereocenters. The number of hydrogen-bond acceptors (Lipinski definition) is 2. The van der Waals surface area contributed by atoms with E-state index in [4.69, 9.17) is 4.74 Å². The molecule has 2 aromatic carbocycles.